The first kappa shape index (κ1) is 12.4. The Morgan fingerprint density at radius 1 is 1.40 bits per heavy atom. The Bertz CT molecular complexity index is 359. The normalized spacial score (nSPS) is 17.1. The first-order valence-corrected chi connectivity index (χ1v) is 6.62. The van der Waals surface area contributed by atoms with Gasteiger partial charge in [0.05, 0.1) is 11.4 Å². The topological polar surface area (TPSA) is 46.5 Å². The minimum atomic E-state index is -3.64. The lowest BCUT2D eigenvalue weighted by Crippen LogP contribution is -2.12. The molecule has 0 amide bonds. The van der Waals surface area contributed by atoms with E-state index in [1.54, 1.807) is 31.2 Å². The fourth-order valence-corrected chi connectivity index (χ4v) is 2.40. The molecule has 0 saturated heterocycles. The zero-order valence-corrected chi connectivity index (χ0v) is 10.2. The molecule has 2 unspecified atom stereocenters. The van der Waals surface area contributed by atoms with Crippen molar-refractivity contribution in [1.29, 1.82) is 0 Å². The molecule has 84 valence electrons. The minimum Gasteiger partial charge on any atom is -0.321 e. The van der Waals surface area contributed by atoms with Crippen molar-refractivity contribution in [2.75, 3.05) is 0 Å². The standard InChI is InChI=1S/C11H17O3P/c1-4-10(3)14-15(12,13)11-7-5-9(2)6-8-11/h5-8,10H,4H2,1-3H3,(H,12,13). The first-order chi connectivity index (χ1) is 6.95. The summed E-state index contributed by atoms with van der Waals surface area (Å²) >= 11 is 0. The van der Waals surface area contributed by atoms with Crippen molar-refractivity contribution in [2.45, 2.75) is 33.3 Å². The van der Waals surface area contributed by atoms with Crippen LogP contribution in [0.25, 0.3) is 0 Å². The number of rotatable bonds is 4. The summed E-state index contributed by atoms with van der Waals surface area (Å²) in [5.74, 6) is 0. The molecule has 0 fully saturated rings. The van der Waals surface area contributed by atoms with E-state index in [9.17, 15) is 9.46 Å². The molecule has 1 N–H and O–H groups in total. The Morgan fingerprint density at radius 2 is 1.93 bits per heavy atom. The molecule has 0 aliphatic carbocycles. The van der Waals surface area contributed by atoms with Crippen molar-refractivity contribution < 1.29 is 14.0 Å². The zero-order chi connectivity index (χ0) is 11.5. The molecule has 0 aliphatic heterocycles. The summed E-state index contributed by atoms with van der Waals surface area (Å²) in [6.07, 6.45) is 0.512. The third-order valence-electron chi connectivity index (χ3n) is 2.26. The second-order valence-corrected chi connectivity index (χ2v) is 5.45. The third-order valence-corrected chi connectivity index (χ3v) is 3.85. The Kier molecular flexibility index (Phi) is 4.09. The lowest BCUT2D eigenvalue weighted by Gasteiger charge is -2.16. The Balaban J connectivity index is 2.86. The van der Waals surface area contributed by atoms with E-state index in [4.69, 9.17) is 4.52 Å². The van der Waals surface area contributed by atoms with Crippen molar-refractivity contribution in [3.05, 3.63) is 29.8 Å². The molecule has 0 heterocycles. The van der Waals surface area contributed by atoms with Crippen molar-refractivity contribution in [3.63, 3.8) is 0 Å². The zero-order valence-electron chi connectivity index (χ0n) is 9.30. The van der Waals surface area contributed by atoms with Gasteiger partial charge < -0.3 is 9.42 Å². The first-order valence-electron chi connectivity index (χ1n) is 5.04. The second kappa shape index (κ2) is 4.93. The summed E-state index contributed by atoms with van der Waals surface area (Å²) in [7, 11) is -3.64. The van der Waals surface area contributed by atoms with Crippen LogP contribution in [0.3, 0.4) is 0 Å². The fourth-order valence-electron chi connectivity index (χ4n) is 1.11. The van der Waals surface area contributed by atoms with Gasteiger partial charge in [-0.3, -0.25) is 4.57 Å². The highest BCUT2D eigenvalue weighted by Crippen LogP contribution is 2.42. The molecule has 3 nitrogen and oxygen atoms in total. The van der Waals surface area contributed by atoms with Crippen LogP contribution in [0.2, 0.25) is 0 Å². The molecule has 1 aromatic rings. The molecular formula is C11H17O3P. The highest BCUT2D eigenvalue weighted by molar-refractivity contribution is 7.61. The molecule has 2 atom stereocenters. The van der Waals surface area contributed by atoms with Crippen molar-refractivity contribution in [3.8, 4) is 0 Å². The predicted octanol–water partition coefficient (Wildman–Crippen LogP) is 2.62. The van der Waals surface area contributed by atoms with Crippen LogP contribution in [-0.2, 0) is 9.09 Å². The van der Waals surface area contributed by atoms with Crippen LogP contribution in [0.1, 0.15) is 25.8 Å². The Hall–Kier alpha value is -0.630. The molecular weight excluding hydrogens is 211 g/mol. The van der Waals surface area contributed by atoms with E-state index in [1.807, 2.05) is 13.8 Å². The Labute approximate surface area is 90.6 Å². The largest absolute Gasteiger partial charge is 0.359 e. The van der Waals surface area contributed by atoms with E-state index >= 15 is 0 Å². The van der Waals surface area contributed by atoms with Gasteiger partial charge in [0, 0.05) is 0 Å². The lowest BCUT2D eigenvalue weighted by atomic mass is 10.2. The van der Waals surface area contributed by atoms with Gasteiger partial charge in [-0.2, -0.15) is 0 Å². The van der Waals surface area contributed by atoms with E-state index in [0.29, 0.717) is 5.30 Å². The van der Waals surface area contributed by atoms with Gasteiger partial charge in [-0.25, -0.2) is 0 Å². The number of benzene rings is 1. The smallest absolute Gasteiger partial charge is 0.321 e. The average molecular weight is 228 g/mol. The third kappa shape index (κ3) is 3.45. The molecule has 0 aromatic heterocycles. The van der Waals surface area contributed by atoms with Gasteiger partial charge in [0.1, 0.15) is 0 Å². The van der Waals surface area contributed by atoms with E-state index in [1.165, 1.54) is 0 Å². The SMILES string of the molecule is CCC(C)OP(=O)(O)c1ccc(C)cc1. The summed E-state index contributed by atoms with van der Waals surface area (Å²) in [5, 5.41) is 0.355. The fraction of sp³-hybridized carbons (Fsp3) is 0.455. The van der Waals surface area contributed by atoms with Crippen LogP contribution in [0.5, 0.6) is 0 Å². The van der Waals surface area contributed by atoms with E-state index in [-0.39, 0.29) is 6.10 Å². The maximum atomic E-state index is 11.8. The monoisotopic (exact) mass is 228 g/mol. The average Bonchev–Trinajstić information content (AvgIpc) is 2.17. The minimum absolute atomic E-state index is 0.206. The molecule has 1 aromatic carbocycles. The summed E-state index contributed by atoms with van der Waals surface area (Å²) in [4.78, 5) is 9.71. The highest BCUT2D eigenvalue weighted by atomic mass is 31.2. The van der Waals surface area contributed by atoms with E-state index in [0.717, 1.165) is 12.0 Å². The molecule has 1 rings (SSSR count). The van der Waals surface area contributed by atoms with Gasteiger partial charge in [-0.1, -0.05) is 24.6 Å². The molecule has 0 spiro atoms. The van der Waals surface area contributed by atoms with Gasteiger partial charge in [0.2, 0.25) is 0 Å². The quantitative estimate of drug-likeness (QED) is 0.806. The van der Waals surface area contributed by atoms with Gasteiger partial charge in [-0.05, 0) is 32.4 Å². The summed E-state index contributed by atoms with van der Waals surface area (Å²) < 4.78 is 17.0. The molecule has 0 aliphatic rings. The second-order valence-electron chi connectivity index (χ2n) is 3.68. The van der Waals surface area contributed by atoms with Crippen molar-refractivity contribution >= 4 is 12.9 Å². The van der Waals surface area contributed by atoms with Crippen molar-refractivity contribution in [1.82, 2.24) is 0 Å². The summed E-state index contributed by atoms with van der Waals surface area (Å²) in [5.41, 5.74) is 1.06. The lowest BCUT2D eigenvalue weighted by molar-refractivity contribution is 0.192. The van der Waals surface area contributed by atoms with Crippen LogP contribution in [0.4, 0.5) is 0 Å². The van der Waals surface area contributed by atoms with Gasteiger partial charge in [-0.15, -0.1) is 0 Å². The highest BCUT2D eigenvalue weighted by Gasteiger charge is 2.24. The molecule has 4 heteroatoms. The Morgan fingerprint density at radius 3 is 2.40 bits per heavy atom. The van der Waals surface area contributed by atoms with Crippen molar-refractivity contribution in [2.24, 2.45) is 0 Å². The van der Waals surface area contributed by atoms with Crippen LogP contribution >= 0.6 is 7.60 Å². The molecule has 0 saturated carbocycles. The predicted molar refractivity (Wildman–Crippen MR) is 61.5 cm³/mol. The molecule has 0 radical (unpaired) electrons. The summed E-state index contributed by atoms with van der Waals surface area (Å²) in [6, 6.07) is 6.88. The number of hydrogen-bond donors (Lipinski definition) is 1. The maximum Gasteiger partial charge on any atom is 0.359 e. The number of hydrogen-bond acceptors (Lipinski definition) is 2. The summed E-state index contributed by atoms with van der Waals surface area (Å²) in [6.45, 7) is 5.64. The number of aryl methyl sites for hydroxylation is 1. The van der Waals surface area contributed by atoms with Gasteiger partial charge >= 0.3 is 7.60 Å². The van der Waals surface area contributed by atoms with Crippen LogP contribution in [0, 0.1) is 6.92 Å². The molecule has 15 heavy (non-hydrogen) atoms. The van der Waals surface area contributed by atoms with Crippen LogP contribution in [0.15, 0.2) is 24.3 Å². The maximum absolute atomic E-state index is 11.8. The molecule has 0 bridgehead atoms. The van der Waals surface area contributed by atoms with E-state index in [2.05, 4.69) is 0 Å². The van der Waals surface area contributed by atoms with Crippen LogP contribution in [-0.4, -0.2) is 11.0 Å². The van der Waals surface area contributed by atoms with Gasteiger partial charge in [0.25, 0.3) is 0 Å². The van der Waals surface area contributed by atoms with Gasteiger partial charge in [0.15, 0.2) is 0 Å². The van der Waals surface area contributed by atoms with Crippen LogP contribution < -0.4 is 5.30 Å². The van der Waals surface area contributed by atoms with E-state index < -0.39 is 7.60 Å².